The number of nitrogens with one attached hydrogen (secondary N) is 1. The second-order valence-electron chi connectivity index (χ2n) is 4.75. The van der Waals surface area contributed by atoms with Gasteiger partial charge in [0.25, 0.3) is 0 Å². The largest absolute Gasteiger partial charge is 0.481 e. The van der Waals surface area contributed by atoms with Gasteiger partial charge in [-0.1, -0.05) is 18.2 Å². The fourth-order valence-corrected chi connectivity index (χ4v) is 2.25. The number of furan rings is 1. The second kappa shape index (κ2) is 5.28. The Labute approximate surface area is 120 Å². The minimum Gasteiger partial charge on any atom is -0.481 e. The molecule has 0 bridgehead atoms. The molecule has 3 aromatic rings. The van der Waals surface area contributed by atoms with Crippen molar-refractivity contribution in [2.75, 3.05) is 5.32 Å². The zero-order valence-electron chi connectivity index (χ0n) is 11.1. The molecule has 1 heterocycles. The fourth-order valence-electron chi connectivity index (χ4n) is 2.25. The molecule has 0 aliphatic heterocycles. The van der Waals surface area contributed by atoms with Gasteiger partial charge in [-0.2, -0.15) is 0 Å². The maximum atomic E-state index is 11.7. The van der Waals surface area contributed by atoms with Gasteiger partial charge in [-0.25, -0.2) is 0 Å². The van der Waals surface area contributed by atoms with E-state index in [0.29, 0.717) is 5.69 Å². The van der Waals surface area contributed by atoms with Crippen LogP contribution in [-0.2, 0) is 9.59 Å². The van der Waals surface area contributed by atoms with Gasteiger partial charge in [0.15, 0.2) is 0 Å². The van der Waals surface area contributed by atoms with Crippen LogP contribution in [0.15, 0.2) is 46.9 Å². The van der Waals surface area contributed by atoms with Crippen LogP contribution in [0.25, 0.3) is 21.9 Å². The van der Waals surface area contributed by atoms with Crippen LogP contribution in [0.5, 0.6) is 0 Å². The Bertz CT molecular complexity index is 835. The highest BCUT2D eigenvalue weighted by molar-refractivity contribution is 6.07. The van der Waals surface area contributed by atoms with Crippen molar-refractivity contribution in [3.05, 3.63) is 42.5 Å². The lowest BCUT2D eigenvalue weighted by molar-refractivity contribution is -0.138. The van der Waals surface area contributed by atoms with E-state index < -0.39 is 5.97 Å². The van der Waals surface area contributed by atoms with Gasteiger partial charge in [0, 0.05) is 22.9 Å². The zero-order chi connectivity index (χ0) is 14.8. The van der Waals surface area contributed by atoms with Crippen LogP contribution < -0.4 is 5.32 Å². The number of benzene rings is 2. The number of aliphatic carboxylic acids is 1. The van der Waals surface area contributed by atoms with Crippen LogP contribution in [0.3, 0.4) is 0 Å². The highest BCUT2D eigenvalue weighted by Gasteiger charge is 2.09. The Kier molecular flexibility index (Phi) is 3.31. The Morgan fingerprint density at radius 2 is 1.76 bits per heavy atom. The van der Waals surface area contributed by atoms with Gasteiger partial charge >= 0.3 is 5.97 Å². The van der Waals surface area contributed by atoms with E-state index in [-0.39, 0.29) is 18.7 Å². The van der Waals surface area contributed by atoms with Crippen molar-refractivity contribution in [3.63, 3.8) is 0 Å². The quantitative estimate of drug-likeness (QED) is 0.769. The first-order valence-corrected chi connectivity index (χ1v) is 6.56. The number of carbonyl (C=O) groups excluding carboxylic acids is 1. The summed E-state index contributed by atoms with van der Waals surface area (Å²) in [6.07, 6.45) is -0.220. The standard InChI is InChI=1S/C16H13NO4/c18-15(7-8-16(19)20)17-10-5-6-14-12(9-10)11-3-1-2-4-13(11)21-14/h1-6,9H,7-8H2,(H,17,18)(H,19,20). The Balaban J connectivity index is 1.88. The first kappa shape index (κ1) is 13.2. The van der Waals surface area contributed by atoms with E-state index in [2.05, 4.69) is 5.32 Å². The molecule has 0 aliphatic rings. The molecule has 2 aromatic carbocycles. The van der Waals surface area contributed by atoms with Crippen LogP contribution in [0.2, 0.25) is 0 Å². The van der Waals surface area contributed by atoms with Crippen molar-refractivity contribution >= 4 is 39.5 Å². The highest BCUT2D eigenvalue weighted by Crippen LogP contribution is 2.30. The summed E-state index contributed by atoms with van der Waals surface area (Å²) in [5.41, 5.74) is 2.17. The van der Waals surface area contributed by atoms with Crippen LogP contribution in [-0.4, -0.2) is 17.0 Å². The van der Waals surface area contributed by atoms with Gasteiger partial charge in [-0.15, -0.1) is 0 Å². The van der Waals surface area contributed by atoms with Gasteiger partial charge in [0.05, 0.1) is 6.42 Å². The predicted octanol–water partition coefficient (Wildman–Crippen LogP) is 3.39. The molecule has 1 aromatic heterocycles. The molecule has 106 valence electrons. The number of hydrogen-bond donors (Lipinski definition) is 2. The molecule has 0 radical (unpaired) electrons. The van der Waals surface area contributed by atoms with E-state index in [1.165, 1.54) is 0 Å². The molecule has 0 saturated heterocycles. The number of fused-ring (bicyclic) bond motifs is 3. The van der Waals surface area contributed by atoms with Gasteiger partial charge in [-0.3, -0.25) is 9.59 Å². The van der Waals surface area contributed by atoms with Gasteiger partial charge < -0.3 is 14.8 Å². The molecule has 0 aliphatic carbocycles. The summed E-state index contributed by atoms with van der Waals surface area (Å²) in [6, 6.07) is 13.0. The maximum absolute atomic E-state index is 11.7. The molecule has 0 fully saturated rings. The second-order valence-corrected chi connectivity index (χ2v) is 4.75. The molecule has 0 unspecified atom stereocenters. The molecule has 0 saturated carbocycles. The molecule has 0 spiro atoms. The van der Waals surface area contributed by atoms with E-state index in [0.717, 1.165) is 21.9 Å². The van der Waals surface area contributed by atoms with Crippen molar-refractivity contribution < 1.29 is 19.1 Å². The topological polar surface area (TPSA) is 79.5 Å². The third kappa shape index (κ3) is 2.72. The molecular weight excluding hydrogens is 270 g/mol. The Hall–Kier alpha value is -2.82. The van der Waals surface area contributed by atoms with Gasteiger partial charge in [0.1, 0.15) is 11.2 Å². The van der Waals surface area contributed by atoms with Crippen LogP contribution in [0, 0.1) is 0 Å². The lowest BCUT2D eigenvalue weighted by Crippen LogP contribution is -2.12. The minimum atomic E-state index is -0.985. The summed E-state index contributed by atoms with van der Waals surface area (Å²) in [5, 5.41) is 13.2. The van der Waals surface area contributed by atoms with Crippen molar-refractivity contribution in [1.29, 1.82) is 0 Å². The third-order valence-corrected chi connectivity index (χ3v) is 3.23. The van der Waals surface area contributed by atoms with Crippen LogP contribution in [0.4, 0.5) is 5.69 Å². The number of para-hydroxylation sites is 1. The number of carboxylic acids is 1. The third-order valence-electron chi connectivity index (χ3n) is 3.23. The minimum absolute atomic E-state index is 0.0422. The average Bonchev–Trinajstić information content (AvgIpc) is 2.83. The van der Waals surface area contributed by atoms with Crippen molar-refractivity contribution in [1.82, 2.24) is 0 Å². The lowest BCUT2D eigenvalue weighted by Gasteiger charge is -2.04. The normalized spacial score (nSPS) is 10.9. The summed E-state index contributed by atoms with van der Waals surface area (Å²) in [7, 11) is 0. The average molecular weight is 283 g/mol. The SMILES string of the molecule is O=C(O)CCC(=O)Nc1ccc2oc3ccccc3c2c1. The molecule has 2 N–H and O–H groups in total. The van der Waals surface area contributed by atoms with Crippen molar-refractivity contribution in [3.8, 4) is 0 Å². The summed E-state index contributed by atoms with van der Waals surface area (Å²) in [4.78, 5) is 22.1. The fraction of sp³-hybridized carbons (Fsp3) is 0.125. The Morgan fingerprint density at radius 3 is 2.57 bits per heavy atom. The van der Waals surface area contributed by atoms with E-state index >= 15 is 0 Å². The highest BCUT2D eigenvalue weighted by atomic mass is 16.4. The first-order valence-electron chi connectivity index (χ1n) is 6.56. The number of carboxylic acid groups (broad SMARTS) is 1. The van der Waals surface area contributed by atoms with Crippen LogP contribution >= 0.6 is 0 Å². The van der Waals surface area contributed by atoms with E-state index in [4.69, 9.17) is 9.52 Å². The van der Waals surface area contributed by atoms with E-state index in [1.54, 1.807) is 12.1 Å². The monoisotopic (exact) mass is 283 g/mol. The van der Waals surface area contributed by atoms with E-state index in [9.17, 15) is 9.59 Å². The number of rotatable bonds is 4. The number of anilines is 1. The van der Waals surface area contributed by atoms with Crippen molar-refractivity contribution in [2.24, 2.45) is 0 Å². The van der Waals surface area contributed by atoms with Gasteiger partial charge in [0.2, 0.25) is 5.91 Å². The molecular formula is C16H13NO4. The number of hydrogen-bond acceptors (Lipinski definition) is 3. The molecule has 5 nitrogen and oxygen atoms in total. The molecule has 1 amide bonds. The summed E-state index contributed by atoms with van der Waals surface area (Å²) in [5.74, 6) is -1.30. The molecule has 3 rings (SSSR count). The number of amides is 1. The summed E-state index contributed by atoms with van der Waals surface area (Å²) < 4.78 is 5.70. The maximum Gasteiger partial charge on any atom is 0.303 e. The number of carbonyl (C=O) groups is 2. The lowest BCUT2D eigenvalue weighted by atomic mass is 10.1. The molecule has 0 atom stereocenters. The van der Waals surface area contributed by atoms with Gasteiger partial charge in [-0.05, 0) is 24.3 Å². The zero-order valence-corrected chi connectivity index (χ0v) is 11.1. The molecule has 21 heavy (non-hydrogen) atoms. The van der Waals surface area contributed by atoms with E-state index in [1.807, 2.05) is 30.3 Å². The smallest absolute Gasteiger partial charge is 0.303 e. The summed E-state index contributed by atoms with van der Waals surface area (Å²) >= 11 is 0. The predicted molar refractivity (Wildman–Crippen MR) is 79.2 cm³/mol. The first-order chi connectivity index (χ1) is 10.1. The van der Waals surface area contributed by atoms with Crippen LogP contribution in [0.1, 0.15) is 12.8 Å². The molecule has 5 heteroatoms. The van der Waals surface area contributed by atoms with Crippen molar-refractivity contribution in [2.45, 2.75) is 12.8 Å². The Morgan fingerprint density at radius 1 is 1.00 bits per heavy atom. The summed E-state index contributed by atoms with van der Waals surface area (Å²) in [6.45, 7) is 0.